The summed E-state index contributed by atoms with van der Waals surface area (Å²) < 4.78 is 9.66. The molecule has 0 unspecified atom stereocenters. The fourth-order valence-corrected chi connectivity index (χ4v) is 1.93. The van der Waals surface area contributed by atoms with Crippen molar-refractivity contribution in [1.29, 1.82) is 0 Å². The molecule has 0 saturated heterocycles. The molecule has 0 heterocycles. The lowest BCUT2D eigenvalue weighted by Crippen LogP contribution is -2.45. The number of methoxy groups -OCH3 is 2. The number of halogens is 1. The largest absolute Gasteiger partial charge is 0.496 e. The van der Waals surface area contributed by atoms with Crippen molar-refractivity contribution in [2.75, 3.05) is 21.3 Å². The van der Waals surface area contributed by atoms with Crippen molar-refractivity contribution in [3.8, 4) is 5.75 Å². The van der Waals surface area contributed by atoms with Crippen LogP contribution in [0.3, 0.4) is 0 Å². The van der Waals surface area contributed by atoms with Crippen molar-refractivity contribution in [2.45, 2.75) is 19.5 Å². The standard InChI is InChI=1S/C14H19ClN2O4/c1-9(13(18)16-14(19)21-4)17(2)8-10-7-11(15)5-6-12(10)20-3/h5-7,9H,8H2,1-4H3,(H,16,18,19)/t9-/m0/s1. The summed E-state index contributed by atoms with van der Waals surface area (Å²) >= 11 is 5.97. The first-order chi connectivity index (χ1) is 9.88. The molecule has 6 nitrogen and oxygen atoms in total. The predicted molar refractivity (Wildman–Crippen MR) is 79.5 cm³/mol. The third kappa shape index (κ3) is 4.91. The average molecular weight is 315 g/mol. The van der Waals surface area contributed by atoms with E-state index in [1.165, 1.54) is 7.11 Å². The quantitative estimate of drug-likeness (QED) is 0.901. The number of carbonyl (C=O) groups is 2. The molecule has 0 aliphatic carbocycles. The maximum absolute atomic E-state index is 11.9. The molecule has 0 aliphatic rings. The molecule has 0 spiro atoms. The summed E-state index contributed by atoms with van der Waals surface area (Å²) in [5, 5.41) is 2.73. The topological polar surface area (TPSA) is 67.9 Å². The summed E-state index contributed by atoms with van der Waals surface area (Å²) in [6.45, 7) is 2.13. The van der Waals surface area contributed by atoms with Crippen LogP contribution in [0.4, 0.5) is 4.79 Å². The van der Waals surface area contributed by atoms with E-state index < -0.39 is 18.0 Å². The number of carbonyl (C=O) groups excluding carboxylic acids is 2. The molecular weight excluding hydrogens is 296 g/mol. The molecule has 116 valence electrons. The Morgan fingerprint density at radius 3 is 2.62 bits per heavy atom. The van der Waals surface area contributed by atoms with Crippen LogP contribution in [0.5, 0.6) is 5.75 Å². The number of imide groups is 1. The highest BCUT2D eigenvalue weighted by atomic mass is 35.5. The van der Waals surface area contributed by atoms with E-state index in [1.807, 2.05) is 0 Å². The van der Waals surface area contributed by atoms with Crippen LogP contribution in [0.1, 0.15) is 12.5 Å². The number of nitrogens with one attached hydrogen (secondary N) is 1. The minimum atomic E-state index is -0.777. The molecule has 1 aromatic rings. The number of ether oxygens (including phenoxy) is 2. The second kappa shape index (κ2) is 7.85. The second-order valence-electron chi connectivity index (χ2n) is 4.53. The van der Waals surface area contributed by atoms with Crippen molar-refractivity contribution >= 4 is 23.6 Å². The van der Waals surface area contributed by atoms with Crippen molar-refractivity contribution in [2.24, 2.45) is 0 Å². The van der Waals surface area contributed by atoms with E-state index in [0.717, 1.165) is 5.56 Å². The van der Waals surface area contributed by atoms with Gasteiger partial charge in [-0.3, -0.25) is 15.0 Å². The van der Waals surface area contributed by atoms with Gasteiger partial charge in [-0.2, -0.15) is 0 Å². The molecule has 0 aromatic heterocycles. The van der Waals surface area contributed by atoms with Crippen molar-refractivity contribution in [3.63, 3.8) is 0 Å². The van der Waals surface area contributed by atoms with Crippen LogP contribution in [-0.4, -0.2) is 44.2 Å². The van der Waals surface area contributed by atoms with E-state index >= 15 is 0 Å². The van der Waals surface area contributed by atoms with E-state index in [9.17, 15) is 9.59 Å². The number of hydrogen-bond donors (Lipinski definition) is 1. The first kappa shape index (κ1) is 17.3. The molecule has 7 heteroatoms. The van der Waals surface area contributed by atoms with Crippen LogP contribution in [0.25, 0.3) is 0 Å². The molecule has 1 rings (SSSR count). The van der Waals surface area contributed by atoms with E-state index in [0.29, 0.717) is 17.3 Å². The number of benzene rings is 1. The lowest BCUT2D eigenvalue weighted by Gasteiger charge is -2.24. The van der Waals surface area contributed by atoms with Crippen LogP contribution in [-0.2, 0) is 16.1 Å². The fraction of sp³-hybridized carbons (Fsp3) is 0.429. The summed E-state index contributed by atoms with van der Waals surface area (Å²) in [5.41, 5.74) is 0.852. The van der Waals surface area contributed by atoms with Crippen LogP contribution in [0.15, 0.2) is 18.2 Å². The zero-order chi connectivity index (χ0) is 16.0. The summed E-state index contributed by atoms with van der Waals surface area (Å²) in [7, 11) is 4.54. The van der Waals surface area contributed by atoms with Gasteiger partial charge in [0.25, 0.3) is 0 Å². The monoisotopic (exact) mass is 314 g/mol. The predicted octanol–water partition coefficient (Wildman–Crippen LogP) is 2.05. The number of amides is 2. The Morgan fingerprint density at radius 2 is 2.05 bits per heavy atom. The highest BCUT2D eigenvalue weighted by molar-refractivity contribution is 6.30. The SMILES string of the molecule is COC(=O)NC(=O)[C@H](C)N(C)Cc1cc(Cl)ccc1OC. The highest BCUT2D eigenvalue weighted by Crippen LogP contribution is 2.24. The van der Waals surface area contributed by atoms with E-state index in [-0.39, 0.29) is 0 Å². The first-order valence-corrected chi connectivity index (χ1v) is 6.68. The normalized spacial score (nSPS) is 11.9. The number of rotatable bonds is 5. The second-order valence-corrected chi connectivity index (χ2v) is 4.96. The lowest BCUT2D eigenvalue weighted by atomic mass is 10.1. The van der Waals surface area contributed by atoms with Gasteiger partial charge in [0.1, 0.15) is 5.75 Å². The van der Waals surface area contributed by atoms with Gasteiger partial charge in [-0.15, -0.1) is 0 Å². The molecule has 0 saturated carbocycles. The third-order valence-corrected chi connectivity index (χ3v) is 3.35. The summed E-state index contributed by atoms with van der Waals surface area (Å²) in [4.78, 5) is 24.7. The first-order valence-electron chi connectivity index (χ1n) is 6.30. The maximum atomic E-state index is 11.9. The van der Waals surface area contributed by atoms with Gasteiger partial charge in [0.05, 0.1) is 20.3 Å². The van der Waals surface area contributed by atoms with E-state index in [4.69, 9.17) is 16.3 Å². The number of alkyl carbamates (subject to hydrolysis) is 1. The molecule has 0 fully saturated rings. The van der Waals surface area contributed by atoms with Crippen LogP contribution in [0.2, 0.25) is 5.02 Å². The molecule has 21 heavy (non-hydrogen) atoms. The molecular formula is C14H19ClN2O4. The smallest absolute Gasteiger partial charge is 0.413 e. The Bertz CT molecular complexity index is 522. The molecule has 1 atom stereocenters. The zero-order valence-corrected chi connectivity index (χ0v) is 13.2. The lowest BCUT2D eigenvalue weighted by molar-refractivity contribution is -0.124. The van der Waals surface area contributed by atoms with Crippen LogP contribution in [0, 0.1) is 0 Å². The maximum Gasteiger partial charge on any atom is 0.413 e. The Morgan fingerprint density at radius 1 is 1.38 bits per heavy atom. The Labute approximate surface area is 129 Å². The molecule has 1 N–H and O–H groups in total. The van der Waals surface area contributed by atoms with Crippen LogP contribution >= 0.6 is 11.6 Å². The summed E-state index contributed by atoms with van der Waals surface area (Å²) in [5.74, 6) is 0.247. The fourth-order valence-electron chi connectivity index (χ4n) is 1.73. The van der Waals surface area contributed by atoms with Gasteiger partial charge in [0.2, 0.25) is 5.91 Å². The Hall–Kier alpha value is -1.79. The van der Waals surface area contributed by atoms with E-state index in [2.05, 4.69) is 10.1 Å². The summed E-state index contributed by atoms with van der Waals surface area (Å²) in [6, 6.07) is 4.76. The van der Waals surface area contributed by atoms with Crippen LogP contribution < -0.4 is 10.1 Å². The van der Waals surface area contributed by atoms with Gasteiger partial charge in [-0.25, -0.2) is 4.79 Å². The van der Waals surface area contributed by atoms with E-state index in [1.54, 1.807) is 44.2 Å². The van der Waals surface area contributed by atoms with Crippen molar-refractivity contribution in [3.05, 3.63) is 28.8 Å². The third-order valence-electron chi connectivity index (χ3n) is 3.11. The average Bonchev–Trinajstić information content (AvgIpc) is 2.46. The summed E-state index contributed by atoms with van der Waals surface area (Å²) in [6.07, 6.45) is -0.777. The Kier molecular flexibility index (Phi) is 6.45. The van der Waals surface area contributed by atoms with Gasteiger partial charge in [0.15, 0.2) is 0 Å². The highest BCUT2D eigenvalue weighted by Gasteiger charge is 2.21. The van der Waals surface area contributed by atoms with Gasteiger partial charge < -0.3 is 9.47 Å². The van der Waals surface area contributed by atoms with Crippen molar-refractivity contribution in [1.82, 2.24) is 10.2 Å². The van der Waals surface area contributed by atoms with Gasteiger partial charge in [-0.1, -0.05) is 11.6 Å². The molecule has 0 radical (unpaired) electrons. The zero-order valence-electron chi connectivity index (χ0n) is 12.5. The number of hydrogen-bond acceptors (Lipinski definition) is 5. The Balaban J connectivity index is 2.76. The van der Waals surface area contributed by atoms with Crippen molar-refractivity contribution < 1.29 is 19.1 Å². The number of nitrogens with zero attached hydrogens (tertiary/aromatic N) is 1. The number of likely N-dealkylation sites (N-methyl/N-ethyl adjacent to an activating group) is 1. The van der Waals surface area contributed by atoms with Gasteiger partial charge in [-0.05, 0) is 32.2 Å². The molecule has 0 aliphatic heterocycles. The van der Waals surface area contributed by atoms with Gasteiger partial charge >= 0.3 is 6.09 Å². The van der Waals surface area contributed by atoms with Gasteiger partial charge in [0, 0.05) is 17.1 Å². The molecule has 0 bridgehead atoms. The minimum absolute atomic E-state index is 0.439. The molecule has 2 amide bonds. The minimum Gasteiger partial charge on any atom is -0.496 e. The molecule has 1 aromatic carbocycles.